The first-order valence-electron chi connectivity index (χ1n) is 3.94. The van der Waals surface area contributed by atoms with E-state index in [1.54, 1.807) is 0 Å². The Balaban J connectivity index is 2.27. The van der Waals surface area contributed by atoms with Gasteiger partial charge in [-0.15, -0.1) is 0 Å². The van der Waals surface area contributed by atoms with E-state index < -0.39 is 0 Å². The maximum Gasteiger partial charge on any atom is 0.140 e. The molecule has 0 amide bonds. The van der Waals surface area contributed by atoms with Gasteiger partial charge in [-0.1, -0.05) is 0 Å². The summed E-state index contributed by atoms with van der Waals surface area (Å²) in [6, 6.07) is 0. The van der Waals surface area contributed by atoms with Crippen molar-refractivity contribution >= 4 is 6.29 Å². The molecule has 2 fully saturated rings. The molecule has 10 heavy (non-hydrogen) atoms. The van der Waals surface area contributed by atoms with Crippen molar-refractivity contribution in [3.63, 3.8) is 0 Å². The van der Waals surface area contributed by atoms with Crippen molar-refractivity contribution in [1.29, 1.82) is 0 Å². The molecular weight excluding hydrogens is 126 g/mol. The van der Waals surface area contributed by atoms with Crippen molar-refractivity contribution in [3.05, 3.63) is 0 Å². The number of hydrogen-bond donors (Lipinski definition) is 1. The number of carbonyl (C=O) groups is 1. The van der Waals surface area contributed by atoms with E-state index in [1.165, 1.54) is 19.3 Å². The molecule has 1 N–H and O–H groups in total. The maximum atomic E-state index is 10.7. The van der Waals surface area contributed by atoms with E-state index in [1.807, 2.05) is 6.92 Å². The third-order valence-electron chi connectivity index (χ3n) is 3.29. The molecule has 1 saturated heterocycles. The minimum atomic E-state index is -0.187. The Morgan fingerprint density at radius 3 is 2.50 bits per heavy atom. The SMILES string of the molecule is CC1(C=O)NCCC12CC2. The van der Waals surface area contributed by atoms with Crippen LogP contribution in [0.15, 0.2) is 0 Å². The first-order chi connectivity index (χ1) is 4.72. The van der Waals surface area contributed by atoms with Gasteiger partial charge in [-0.25, -0.2) is 0 Å². The van der Waals surface area contributed by atoms with Crippen LogP contribution in [0.2, 0.25) is 0 Å². The lowest BCUT2D eigenvalue weighted by Crippen LogP contribution is -2.44. The highest BCUT2D eigenvalue weighted by Gasteiger charge is 2.59. The summed E-state index contributed by atoms with van der Waals surface area (Å²) in [6.07, 6.45) is 4.78. The fraction of sp³-hybridized carbons (Fsp3) is 0.875. The monoisotopic (exact) mass is 139 g/mol. The molecule has 2 rings (SSSR count). The Morgan fingerprint density at radius 2 is 2.10 bits per heavy atom. The summed E-state index contributed by atoms with van der Waals surface area (Å²) in [4.78, 5) is 10.7. The third kappa shape index (κ3) is 0.553. The quantitative estimate of drug-likeness (QED) is 0.542. The van der Waals surface area contributed by atoms with Crippen molar-refractivity contribution < 1.29 is 4.79 Å². The van der Waals surface area contributed by atoms with Gasteiger partial charge in [0.1, 0.15) is 6.29 Å². The molecule has 2 nitrogen and oxygen atoms in total. The average molecular weight is 139 g/mol. The molecule has 2 aliphatic rings. The number of nitrogens with one attached hydrogen (secondary N) is 1. The second-order valence-corrected chi connectivity index (χ2v) is 3.78. The van der Waals surface area contributed by atoms with E-state index in [0.29, 0.717) is 5.41 Å². The summed E-state index contributed by atoms with van der Waals surface area (Å²) in [7, 11) is 0. The molecular formula is C8H13NO. The van der Waals surface area contributed by atoms with Crippen LogP contribution in [0.25, 0.3) is 0 Å². The predicted molar refractivity (Wildman–Crippen MR) is 38.8 cm³/mol. The standard InChI is InChI=1S/C8H13NO/c1-7(6-10)8(2-3-8)4-5-9-7/h6,9H,2-5H2,1H3. The zero-order chi connectivity index (χ0) is 7.24. The molecule has 1 unspecified atom stereocenters. The molecule has 1 heterocycles. The van der Waals surface area contributed by atoms with Gasteiger partial charge in [-0.05, 0) is 38.1 Å². The van der Waals surface area contributed by atoms with Crippen LogP contribution >= 0.6 is 0 Å². The highest BCUT2D eigenvalue weighted by atomic mass is 16.1. The molecule has 0 aromatic carbocycles. The Kier molecular flexibility index (Phi) is 1.03. The van der Waals surface area contributed by atoms with Crippen LogP contribution in [0.4, 0.5) is 0 Å². The number of carbonyl (C=O) groups excluding carboxylic acids is 1. The van der Waals surface area contributed by atoms with Crippen molar-refractivity contribution in [2.45, 2.75) is 31.7 Å². The van der Waals surface area contributed by atoms with E-state index in [-0.39, 0.29) is 5.54 Å². The minimum Gasteiger partial charge on any atom is -0.305 e. The number of aldehydes is 1. The van der Waals surface area contributed by atoms with Crippen LogP contribution in [0.3, 0.4) is 0 Å². The molecule has 1 atom stereocenters. The molecule has 0 radical (unpaired) electrons. The first kappa shape index (κ1) is 6.35. The highest BCUT2D eigenvalue weighted by molar-refractivity contribution is 5.67. The average Bonchev–Trinajstić information content (AvgIpc) is 2.61. The lowest BCUT2D eigenvalue weighted by molar-refractivity contribution is -0.114. The van der Waals surface area contributed by atoms with Gasteiger partial charge in [0.2, 0.25) is 0 Å². The number of hydrogen-bond acceptors (Lipinski definition) is 2. The highest BCUT2D eigenvalue weighted by Crippen LogP contribution is 2.58. The van der Waals surface area contributed by atoms with Crippen molar-refractivity contribution in [2.24, 2.45) is 5.41 Å². The largest absolute Gasteiger partial charge is 0.305 e. The van der Waals surface area contributed by atoms with Gasteiger partial charge in [-0.3, -0.25) is 0 Å². The van der Waals surface area contributed by atoms with Crippen LogP contribution in [0, 0.1) is 5.41 Å². The molecule has 1 aliphatic carbocycles. The number of rotatable bonds is 1. The van der Waals surface area contributed by atoms with Gasteiger partial charge in [-0.2, -0.15) is 0 Å². The summed E-state index contributed by atoms with van der Waals surface area (Å²) >= 11 is 0. The van der Waals surface area contributed by atoms with Gasteiger partial charge in [0, 0.05) is 0 Å². The summed E-state index contributed by atoms with van der Waals surface area (Å²) in [5, 5.41) is 3.27. The molecule has 1 saturated carbocycles. The molecule has 0 aromatic rings. The summed E-state index contributed by atoms with van der Waals surface area (Å²) in [6.45, 7) is 3.05. The first-order valence-corrected chi connectivity index (χ1v) is 3.94. The van der Waals surface area contributed by atoms with E-state index in [0.717, 1.165) is 12.8 Å². The minimum absolute atomic E-state index is 0.187. The van der Waals surface area contributed by atoms with Crippen molar-refractivity contribution in [1.82, 2.24) is 5.32 Å². The summed E-state index contributed by atoms with van der Waals surface area (Å²) < 4.78 is 0. The van der Waals surface area contributed by atoms with Crippen LogP contribution in [0.1, 0.15) is 26.2 Å². The van der Waals surface area contributed by atoms with Gasteiger partial charge in [0.05, 0.1) is 5.54 Å². The van der Waals surface area contributed by atoms with E-state index in [4.69, 9.17) is 0 Å². The predicted octanol–water partition coefficient (Wildman–Crippen LogP) is 0.718. The maximum absolute atomic E-state index is 10.7. The van der Waals surface area contributed by atoms with Crippen LogP contribution < -0.4 is 5.32 Å². The Labute approximate surface area is 61.0 Å². The van der Waals surface area contributed by atoms with E-state index in [9.17, 15) is 4.79 Å². The van der Waals surface area contributed by atoms with Crippen LogP contribution in [0.5, 0.6) is 0 Å². The van der Waals surface area contributed by atoms with Gasteiger partial charge < -0.3 is 10.1 Å². The second kappa shape index (κ2) is 1.62. The van der Waals surface area contributed by atoms with E-state index in [2.05, 4.69) is 5.32 Å². The summed E-state index contributed by atoms with van der Waals surface area (Å²) in [5.74, 6) is 0. The van der Waals surface area contributed by atoms with Gasteiger partial charge in [0.15, 0.2) is 0 Å². The van der Waals surface area contributed by atoms with E-state index >= 15 is 0 Å². The van der Waals surface area contributed by atoms with Crippen molar-refractivity contribution in [2.75, 3.05) is 6.54 Å². The fourth-order valence-electron chi connectivity index (χ4n) is 2.10. The summed E-state index contributed by atoms with van der Waals surface area (Å²) in [5.41, 5.74) is 0.182. The molecule has 1 aliphatic heterocycles. The lowest BCUT2D eigenvalue weighted by Gasteiger charge is -2.24. The third-order valence-corrected chi connectivity index (χ3v) is 3.29. The molecule has 2 heteroatoms. The van der Waals surface area contributed by atoms with Gasteiger partial charge >= 0.3 is 0 Å². The molecule has 0 bridgehead atoms. The Morgan fingerprint density at radius 1 is 1.40 bits per heavy atom. The molecule has 56 valence electrons. The normalized spacial score (nSPS) is 42.1. The van der Waals surface area contributed by atoms with Gasteiger partial charge in [0.25, 0.3) is 0 Å². The Hall–Kier alpha value is -0.370. The second-order valence-electron chi connectivity index (χ2n) is 3.78. The lowest BCUT2D eigenvalue weighted by atomic mass is 9.85. The van der Waals surface area contributed by atoms with Crippen LogP contribution in [-0.4, -0.2) is 18.4 Å². The fourth-order valence-corrected chi connectivity index (χ4v) is 2.10. The zero-order valence-electron chi connectivity index (χ0n) is 6.31. The topological polar surface area (TPSA) is 29.1 Å². The van der Waals surface area contributed by atoms with Crippen molar-refractivity contribution in [3.8, 4) is 0 Å². The molecule has 1 spiro atoms. The molecule has 0 aromatic heterocycles. The Bertz CT molecular complexity index is 174. The van der Waals surface area contributed by atoms with Crippen LogP contribution in [-0.2, 0) is 4.79 Å². The zero-order valence-corrected chi connectivity index (χ0v) is 6.31. The smallest absolute Gasteiger partial charge is 0.140 e.